The lowest BCUT2D eigenvalue weighted by Crippen LogP contribution is -2.41. The molecule has 2 atom stereocenters. The summed E-state index contributed by atoms with van der Waals surface area (Å²) < 4.78 is 27.8. The molecule has 0 radical (unpaired) electrons. The minimum atomic E-state index is -0.740. The summed E-state index contributed by atoms with van der Waals surface area (Å²) in [4.78, 5) is 27.9. The molecule has 0 aliphatic carbocycles. The van der Waals surface area contributed by atoms with Crippen molar-refractivity contribution in [1.29, 1.82) is 0 Å². The predicted molar refractivity (Wildman–Crippen MR) is 114 cm³/mol. The van der Waals surface area contributed by atoms with Crippen molar-refractivity contribution >= 4 is 17.5 Å². The number of benzene rings is 3. The first-order valence-electron chi connectivity index (χ1n) is 10.2. The van der Waals surface area contributed by atoms with Crippen LogP contribution >= 0.6 is 0 Å². The Balaban J connectivity index is 1.86. The molecule has 0 aromatic heterocycles. The Morgan fingerprint density at radius 1 is 1.03 bits per heavy atom. The highest BCUT2D eigenvalue weighted by Gasteiger charge is 2.36. The fourth-order valence-corrected chi connectivity index (χ4v) is 4.13. The molecule has 1 N–H and O–H groups in total. The molecule has 1 heterocycles. The molecule has 3 aromatic rings. The van der Waals surface area contributed by atoms with Crippen LogP contribution in [0.25, 0.3) is 0 Å². The Hall–Kier alpha value is -3.54. The zero-order valence-corrected chi connectivity index (χ0v) is 17.0. The van der Waals surface area contributed by atoms with E-state index in [2.05, 4.69) is 5.32 Å². The molecule has 4 rings (SSSR count). The van der Waals surface area contributed by atoms with E-state index in [1.54, 1.807) is 12.1 Å². The Morgan fingerprint density at radius 2 is 1.71 bits per heavy atom. The first-order valence-corrected chi connectivity index (χ1v) is 10.2. The molecule has 0 saturated heterocycles. The third-order valence-corrected chi connectivity index (χ3v) is 5.59. The van der Waals surface area contributed by atoms with Crippen molar-refractivity contribution in [2.45, 2.75) is 25.3 Å². The summed E-state index contributed by atoms with van der Waals surface area (Å²) in [5, 5.41) is 2.77. The average molecular weight is 420 g/mol. The summed E-state index contributed by atoms with van der Waals surface area (Å²) in [6.07, 6.45) is 0.535. The lowest BCUT2D eigenvalue weighted by atomic mass is 9.91. The number of halogens is 2. The maximum absolute atomic E-state index is 14.2. The third-order valence-electron chi connectivity index (χ3n) is 5.59. The van der Waals surface area contributed by atoms with Gasteiger partial charge >= 0.3 is 0 Å². The molecule has 0 unspecified atom stereocenters. The Bertz CT molecular complexity index is 1100. The second kappa shape index (κ2) is 8.68. The number of carbonyl (C=O) groups is 2. The van der Waals surface area contributed by atoms with Gasteiger partial charge in [-0.15, -0.1) is 0 Å². The molecule has 3 aromatic carbocycles. The second-order valence-electron chi connectivity index (χ2n) is 7.57. The van der Waals surface area contributed by atoms with Gasteiger partial charge in [0, 0.05) is 11.3 Å². The SMILES string of the molecule is CC[C@@H](C(=O)N1CC(=O)Nc2ccc(F)cc2[C@@H]1c1ccc(F)cc1)c1ccccc1. The van der Waals surface area contributed by atoms with Crippen molar-refractivity contribution in [3.05, 3.63) is 101 Å². The van der Waals surface area contributed by atoms with Gasteiger partial charge in [-0.2, -0.15) is 0 Å². The number of nitrogens with one attached hydrogen (secondary N) is 1. The molecule has 4 nitrogen and oxygen atoms in total. The zero-order chi connectivity index (χ0) is 22.0. The molecular formula is C25H22F2N2O2. The van der Waals surface area contributed by atoms with Gasteiger partial charge in [-0.3, -0.25) is 9.59 Å². The number of fused-ring (bicyclic) bond motifs is 1. The Labute approximate surface area is 179 Å². The van der Waals surface area contributed by atoms with Crippen LogP contribution in [-0.4, -0.2) is 23.3 Å². The number of hydrogen-bond acceptors (Lipinski definition) is 2. The summed E-state index contributed by atoms with van der Waals surface area (Å²) in [7, 11) is 0. The van der Waals surface area contributed by atoms with Gasteiger partial charge < -0.3 is 10.2 Å². The molecular weight excluding hydrogens is 398 g/mol. The second-order valence-corrected chi connectivity index (χ2v) is 7.57. The summed E-state index contributed by atoms with van der Waals surface area (Å²) in [6, 6.07) is 18.4. The number of carbonyl (C=O) groups excluding carboxylic acids is 2. The lowest BCUT2D eigenvalue weighted by Gasteiger charge is -2.33. The van der Waals surface area contributed by atoms with Gasteiger partial charge in [-0.25, -0.2) is 8.78 Å². The minimum absolute atomic E-state index is 0.194. The molecule has 0 fully saturated rings. The van der Waals surface area contributed by atoms with Crippen LogP contribution < -0.4 is 5.32 Å². The molecule has 0 bridgehead atoms. The van der Waals surface area contributed by atoms with Crippen LogP contribution in [0.1, 0.15) is 42.0 Å². The van der Waals surface area contributed by atoms with Crippen molar-refractivity contribution in [2.24, 2.45) is 0 Å². The lowest BCUT2D eigenvalue weighted by molar-refractivity contribution is -0.137. The molecule has 0 saturated carbocycles. The highest BCUT2D eigenvalue weighted by Crippen LogP contribution is 2.38. The molecule has 1 aliphatic rings. The van der Waals surface area contributed by atoms with E-state index in [1.807, 2.05) is 37.3 Å². The fraction of sp³-hybridized carbons (Fsp3) is 0.200. The van der Waals surface area contributed by atoms with Crippen LogP contribution in [-0.2, 0) is 9.59 Å². The third kappa shape index (κ3) is 4.19. The van der Waals surface area contributed by atoms with Crippen LogP contribution in [0.3, 0.4) is 0 Å². The van der Waals surface area contributed by atoms with E-state index >= 15 is 0 Å². The number of amides is 2. The van der Waals surface area contributed by atoms with Gasteiger partial charge in [0.15, 0.2) is 0 Å². The van der Waals surface area contributed by atoms with Crippen molar-refractivity contribution in [2.75, 3.05) is 11.9 Å². The van der Waals surface area contributed by atoms with Gasteiger partial charge in [0.25, 0.3) is 0 Å². The standard InChI is InChI=1S/C25H22F2N2O2/c1-2-20(16-6-4-3-5-7-16)25(31)29-15-23(30)28-22-13-12-19(27)14-21(22)24(29)17-8-10-18(26)11-9-17/h3-14,20,24H,2,15H2,1H3,(H,28,30)/t20-,24+/m1/s1. The van der Waals surface area contributed by atoms with Gasteiger partial charge in [0.05, 0.1) is 12.0 Å². The maximum Gasteiger partial charge on any atom is 0.244 e. The summed E-state index contributed by atoms with van der Waals surface area (Å²) in [5.74, 6) is -1.97. The first kappa shape index (κ1) is 20.7. The highest BCUT2D eigenvalue weighted by molar-refractivity contribution is 5.98. The molecule has 6 heteroatoms. The summed E-state index contributed by atoms with van der Waals surface area (Å²) in [5.41, 5.74) is 2.33. The average Bonchev–Trinajstić information content (AvgIpc) is 2.91. The fourth-order valence-electron chi connectivity index (χ4n) is 4.13. The van der Waals surface area contributed by atoms with Gasteiger partial charge in [0.1, 0.15) is 18.2 Å². The largest absolute Gasteiger partial charge is 0.324 e. The molecule has 31 heavy (non-hydrogen) atoms. The minimum Gasteiger partial charge on any atom is -0.324 e. The van der Waals surface area contributed by atoms with Crippen molar-refractivity contribution in [3.8, 4) is 0 Å². The topological polar surface area (TPSA) is 49.4 Å². The normalized spacial score (nSPS) is 16.8. The zero-order valence-electron chi connectivity index (χ0n) is 17.0. The van der Waals surface area contributed by atoms with E-state index in [1.165, 1.54) is 35.2 Å². The number of hydrogen-bond donors (Lipinski definition) is 1. The maximum atomic E-state index is 14.2. The van der Waals surface area contributed by atoms with E-state index in [4.69, 9.17) is 0 Å². The molecule has 2 amide bonds. The van der Waals surface area contributed by atoms with Crippen LogP contribution in [0.15, 0.2) is 72.8 Å². The van der Waals surface area contributed by atoms with Crippen molar-refractivity contribution in [1.82, 2.24) is 4.90 Å². The summed E-state index contributed by atoms with van der Waals surface area (Å²) >= 11 is 0. The van der Waals surface area contributed by atoms with Gasteiger partial charge in [-0.05, 0) is 47.9 Å². The number of nitrogens with zero attached hydrogens (tertiary/aromatic N) is 1. The molecule has 1 aliphatic heterocycles. The van der Waals surface area contributed by atoms with E-state index in [-0.39, 0.29) is 18.4 Å². The number of rotatable bonds is 4. The van der Waals surface area contributed by atoms with E-state index in [9.17, 15) is 18.4 Å². The van der Waals surface area contributed by atoms with E-state index in [0.717, 1.165) is 5.56 Å². The van der Waals surface area contributed by atoms with Crippen LogP contribution in [0, 0.1) is 11.6 Å². The predicted octanol–water partition coefficient (Wildman–Crippen LogP) is 5.03. The van der Waals surface area contributed by atoms with Gasteiger partial charge in [-0.1, -0.05) is 49.4 Å². The van der Waals surface area contributed by atoms with E-state index < -0.39 is 23.6 Å². The van der Waals surface area contributed by atoms with Crippen LogP contribution in [0.4, 0.5) is 14.5 Å². The van der Waals surface area contributed by atoms with Crippen LogP contribution in [0.2, 0.25) is 0 Å². The van der Waals surface area contributed by atoms with Crippen LogP contribution in [0.5, 0.6) is 0 Å². The molecule has 158 valence electrons. The number of anilines is 1. The quantitative estimate of drug-likeness (QED) is 0.644. The van der Waals surface area contributed by atoms with E-state index in [0.29, 0.717) is 23.2 Å². The highest BCUT2D eigenvalue weighted by atomic mass is 19.1. The smallest absolute Gasteiger partial charge is 0.244 e. The van der Waals surface area contributed by atoms with Gasteiger partial charge in [0.2, 0.25) is 11.8 Å². The molecule has 0 spiro atoms. The van der Waals surface area contributed by atoms with Crippen molar-refractivity contribution in [3.63, 3.8) is 0 Å². The Morgan fingerprint density at radius 3 is 2.39 bits per heavy atom. The van der Waals surface area contributed by atoms with Crippen molar-refractivity contribution < 1.29 is 18.4 Å². The monoisotopic (exact) mass is 420 g/mol. The Kier molecular flexibility index (Phi) is 5.80. The summed E-state index contributed by atoms with van der Waals surface area (Å²) in [6.45, 7) is 1.72. The first-order chi connectivity index (χ1) is 15.0.